The Bertz CT molecular complexity index is 243. The predicted octanol–water partition coefficient (Wildman–Crippen LogP) is 1.70. The molecule has 0 bridgehead atoms. The maximum absolute atomic E-state index is 11.7. The minimum absolute atomic E-state index is 0.0994. The molecule has 0 spiro atoms. The third kappa shape index (κ3) is 4.44. The van der Waals surface area contributed by atoms with Crippen LogP contribution in [-0.2, 0) is 4.74 Å². The van der Waals surface area contributed by atoms with Gasteiger partial charge in [0.1, 0.15) is 6.61 Å². The van der Waals surface area contributed by atoms with Gasteiger partial charge < -0.3 is 15.2 Å². The van der Waals surface area contributed by atoms with Crippen LogP contribution >= 0.6 is 0 Å². The van der Waals surface area contributed by atoms with Gasteiger partial charge in [0.2, 0.25) is 0 Å². The first kappa shape index (κ1) is 14.7. The van der Waals surface area contributed by atoms with Gasteiger partial charge in [-0.2, -0.15) is 13.2 Å². The molecular weight excluding hydrogens is 235 g/mol. The molecule has 0 radical (unpaired) electrons. The predicted molar refractivity (Wildman–Crippen MR) is 57.7 cm³/mol. The Hall–Kier alpha value is -0.330. The average Bonchev–Trinajstić information content (AvgIpc) is 2.19. The first-order chi connectivity index (χ1) is 7.73. The molecule has 1 aliphatic carbocycles. The first-order valence-electron chi connectivity index (χ1n) is 5.79. The van der Waals surface area contributed by atoms with Gasteiger partial charge in [-0.15, -0.1) is 0 Å². The highest BCUT2D eigenvalue weighted by Gasteiger charge is 2.46. The zero-order chi connectivity index (χ0) is 13.1. The summed E-state index contributed by atoms with van der Waals surface area (Å²) in [6.07, 6.45) is -3.29. The summed E-state index contributed by atoms with van der Waals surface area (Å²) in [5, 5.41) is 12.7. The van der Waals surface area contributed by atoms with Crippen LogP contribution < -0.4 is 5.32 Å². The summed E-state index contributed by atoms with van der Waals surface area (Å²) in [4.78, 5) is 0. The van der Waals surface area contributed by atoms with Crippen LogP contribution in [0, 0.1) is 5.41 Å². The lowest BCUT2D eigenvalue weighted by Gasteiger charge is -2.49. The van der Waals surface area contributed by atoms with E-state index in [1.54, 1.807) is 0 Å². The molecule has 1 rings (SSSR count). The van der Waals surface area contributed by atoms with Crippen molar-refractivity contribution >= 4 is 0 Å². The number of alkyl halides is 3. The van der Waals surface area contributed by atoms with Crippen molar-refractivity contribution < 1.29 is 23.0 Å². The molecule has 1 aliphatic rings. The zero-order valence-electron chi connectivity index (χ0n) is 10.2. The third-order valence-corrected chi connectivity index (χ3v) is 3.34. The summed E-state index contributed by atoms with van der Waals surface area (Å²) in [7, 11) is 0. The van der Waals surface area contributed by atoms with Crippen LogP contribution in [-0.4, -0.2) is 43.2 Å². The van der Waals surface area contributed by atoms with Gasteiger partial charge in [0.25, 0.3) is 0 Å². The second kappa shape index (κ2) is 5.54. The molecule has 0 aromatic heterocycles. The van der Waals surface area contributed by atoms with Crippen LogP contribution in [0.4, 0.5) is 13.2 Å². The maximum atomic E-state index is 11.7. The van der Waals surface area contributed by atoms with Gasteiger partial charge in [0.05, 0.1) is 6.10 Å². The van der Waals surface area contributed by atoms with Crippen molar-refractivity contribution in [1.29, 1.82) is 0 Å². The van der Waals surface area contributed by atoms with E-state index in [1.807, 2.05) is 13.8 Å². The largest absolute Gasteiger partial charge is 0.411 e. The Morgan fingerprint density at radius 2 is 2.06 bits per heavy atom. The lowest BCUT2D eigenvalue weighted by Crippen LogP contribution is -2.60. The van der Waals surface area contributed by atoms with Crippen LogP contribution in [0.25, 0.3) is 0 Å². The van der Waals surface area contributed by atoms with Crippen molar-refractivity contribution in [1.82, 2.24) is 5.32 Å². The molecule has 0 saturated heterocycles. The van der Waals surface area contributed by atoms with Gasteiger partial charge in [-0.05, 0) is 19.4 Å². The van der Waals surface area contributed by atoms with E-state index in [9.17, 15) is 18.3 Å². The lowest BCUT2D eigenvalue weighted by atomic mass is 9.64. The van der Waals surface area contributed by atoms with Gasteiger partial charge in [-0.3, -0.25) is 0 Å². The monoisotopic (exact) mass is 255 g/mol. The number of aliphatic hydroxyl groups is 1. The summed E-state index contributed by atoms with van der Waals surface area (Å²) >= 11 is 0. The standard InChI is InChI=1S/C11H20F3NO2/c1-10(2)8(6-9(10)16)15-4-3-5-17-7-11(12,13)14/h8-9,15-16H,3-7H2,1-2H3. The van der Waals surface area contributed by atoms with E-state index in [2.05, 4.69) is 10.1 Å². The molecule has 2 atom stereocenters. The molecule has 3 nitrogen and oxygen atoms in total. The van der Waals surface area contributed by atoms with Crippen molar-refractivity contribution in [3.8, 4) is 0 Å². The Kier molecular flexibility index (Phi) is 4.80. The van der Waals surface area contributed by atoms with Gasteiger partial charge in [0, 0.05) is 18.1 Å². The normalized spacial score (nSPS) is 27.9. The van der Waals surface area contributed by atoms with Crippen LogP contribution in [0.3, 0.4) is 0 Å². The molecule has 2 unspecified atom stereocenters. The SMILES string of the molecule is CC1(C)C(O)CC1NCCCOCC(F)(F)F. The average molecular weight is 255 g/mol. The van der Waals surface area contributed by atoms with Gasteiger partial charge in [0.15, 0.2) is 0 Å². The van der Waals surface area contributed by atoms with E-state index in [0.717, 1.165) is 0 Å². The van der Waals surface area contributed by atoms with E-state index in [0.29, 0.717) is 19.4 Å². The van der Waals surface area contributed by atoms with Crippen molar-refractivity contribution in [2.75, 3.05) is 19.8 Å². The van der Waals surface area contributed by atoms with Crippen LogP contribution in [0.1, 0.15) is 26.7 Å². The Morgan fingerprint density at radius 3 is 2.53 bits per heavy atom. The Labute approximate surface area is 99.3 Å². The molecule has 17 heavy (non-hydrogen) atoms. The number of hydrogen-bond acceptors (Lipinski definition) is 3. The maximum Gasteiger partial charge on any atom is 0.411 e. The van der Waals surface area contributed by atoms with Gasteiger partial charge in [-0.1, -0.05) is 13.8 Å². The quantitative estimate of drug-likeness (QED) is 0.710. The van der Waals surface area contributed by atoms with E-state index in [1.165, 1.54) is 0 Å². The molecule has 102 valence electrons. The highest BCUT2D eigenvalue weighted by atomic mass is 19.4. The van der Waals surface area contributed by atoms with E-state index < -0.39 is 12.8 Å². The molecule has 0 heterocycles. The van der Waals surface area contributed by atoms with Crippen LogP contribution in [0.2, 0.25) is 0 Å². The van der Waals surface area contributed by atoms with E-state index >= 15 is 0 Å². The summed E-state index contributed by atoms with van der Waals surface area (Å²) in [5.74, 6) is 0. The summed E-state index contributed by atoms with van der Waals surface area (Å²) in [5.41, 5.74) is -0.146. The summed E-state index contributed by atoms with van der Waals surface area (Å²) in [6.45, 7) is 3.47. The highest BCUT2D eigenvalue weighted by molar-refractivity contribution is 5.01. The highest BCUT2D eigenvalue weighted by Crippen LogP contribution is 2.40. The summed E-state index contributed by atoms with van der Waals surface area (Å²) in [6, 6.07) is 0.236. The summed E-state index contributed by atoms with van der Waals surface area (Å²) < 4.78 is 39.7. The second-order valence-corrected chi connectivity index (χ2v) is 5.10. The fourth-order valence-electron chi connectivity index (χ4n) is 1.89. The molecule has 0 aliphatic heterocycles. The molecule has 0 amide bonds. The third-order valence-electron chi connectivity index (χ3n) is 3.34. The second-order valence-electron chi connectivity index (χ2n) is 5.10. The molecule has 1 saturated carbocycles. The number of hydrogen-bond donors (Lipinski definition) is 2. The van der Waals surface area contributed by atoms with E-state index in [-0.39, 0.29) is 24.2 Å². The van der Waals surface area contributed by atoms with Crippen molar-refractivity contribution in [2.24, 2.45) is 5.41 Å². The van der Waals surface area contributed by atoms with Crippen LogP contribution in [0.15, 0.2) is 0 Å². The molecule has 6 heteroatoms. The van der Waals surface area contributed by atoms with Crippen molar-refractivity contribution in [2.45, 2.75) is 45.0 Å². The number of nitrogens with one attached hydrogen (secondary N) is 1. The fraction of sp³-hybridized carbons (Fsp3) is 1.00. The Morgan fingerprint density at radius 1 is 1.41 bits per heavy atom. The number of ether oxygens (including phenoxy) is 1. The van der Waals surface area contributed by atoms with Gasteiger partial charge in [-0.25, -0.2) is 0 Å². The lowest BCUT2D eigenvalue weighted by molar-refractivity contribution is -0.174. The van der Waals surface area contributed by atoms with Crippen molar-refractivity contribution in [3.05, 3.63) is 0 Å². The molecule has 1 fully saturated rings. The molecular formula is C11H20F3NO2. The smallest absolute Gasteiger partial charge is 0.392 e. The molecule has 0 aromatic rings. The minimum atomic E-state index is -4.24. The van der Waals surface area contributed by atoms with Crippen LogP contribution in [0.5, 0.6) is 0 Å². The number of halogens is 3. The van der Waals surface area contributed by atoms with Crippen molar-refractivity contribution in [3.63, 3.8) is 0 Å². The molecule has 2 N–H and O–H groups in total. The van der Waals surface area contributed by atoms with E-state index in [4.69, 9.17) is 0 Å². The first-order valence-corrected chi connectivity index (χ1v) is 5.79. The zero-order valence-corrected chi connectivity index (χ0v) is 10.2. The Balaban J connectivity index is 1.99. The number of rotatable bonds is 6. The molecule has 0 aromatic carbocycles. The van der Waals surface area contributed by atoms with Gasteiger partial charge >= 0.3 is 6.18 Å². The topological polar surface area (TPSA) is 41.5 Å². The minimum Gasteiger partial charge on any atom is -0.392 e. The number of aliphatic hydroxyl groups excluding tert-OH is 1. The fourth-order valence-corrected chi connectivity index (χ4v) is 1.89.